The number of hydrogen-bond acceptors (Lipinski definition) is 2. The molecule has 0 radical (unpaired) electrons. The average Bonchev–Trinajstić information content (AvgIpc) is 2.38. The van der Waals surface area contributed by atoms with Crippen LogP contribution < -0.4 is 5.32 Å². The summed E-state index contributed by atoms with van der Waals surface area (Å²) in [6.45, 7) is 6.31. The third-order valence-electron chi connectivity index (χ3n) is 4.30. The van der Waals surface area contributed by atoms with Crippen LogP contribution >= 0.6 is 0 Å². The molecule has 2 N–H and O–H groups in total. The van der Waals surface area contributed by atoms with Crippen LogP contribution in [0.1, 0.15) is 46.5 Å². The molecule has 0 aromatic rings. The summed E-state index contributed by atoms with van der Waals surface area (Å²) in [5.41, 5.74) is 0. The SMILES string of the molecule is CC(CN(C)C(=O)NC1CCCC(C(C)C)C1)C(=O)O. The summed E-state index contributed by atoms with van der Waals surface area (Å²) in [4.78, 5) is 24.3. The molecule has 20 heavy (non-hydrogen) atoms. The van der Waals surface area contributed by atoms with E-state index in [2.05, 4.69) is 19.2 Å². The number of hydrogen-bond donors (Lipinski definition) is 2. The molecule has 3 unspecified atom stereocenters. The Morgan fingerprint density at radius 1 is 1.30 bits per heavy atom. The second-order valence-electron chi connectivity index (χ2n) is 6.44. The first kappa shape index (κ1) is 16.8. The maximum absolute atomic E-state index is 12.1. The highest BCUT2D eigenvalue weighted by Crippen LogP contribution is 2.29. The Hall–Kier alpha value is -1.26. The number of urea groups is 1. The number of carboxylic acid groups (broad SMARTS) is 1. The van der Waals surface area contributed by atoms with Crippen molar-refractivity contribution in [1.29, 1.82) is 0 Å². The second-order valence-corrected chi connectivity index (χ2v) is 6.44. The maximum Gasteiger partial charge on any atom is 0.317 e. The Labute approximate surface area is 121 Å². The van der Waals surface area contributed by atoms with Gasteiger partial charge in [-0.15, -0.1) is 0 Å². The normalized spacial score (nSPS) is 24.2. The molecular weight excluding hydrogens is 256 g/mol. The van der Waals surface area contributed by atoms with E-state index in [0.717, 1.165) is 19.3 Å². The van der Waals surface area contributed by atoms with Crippen molar-refractivity contribution >= 4 is 12.0 Å². The van der Waals surface area contributed by atoms with E-state index in [1.807, 2.05) is 0 Å². The zero-order valence-corrected chi connectivity index (χ0v) is 13.1. The van der Waals surface area contributed by atoms with Gasteiger partial charge in [0.1, 0.15) is 0 Å². The van der Waals surface area contributed by atoms with Crippen LogP contribution in [0.3, 0.4) is 0 Å². The summed E-state index contributed by atoms with van der Waals surface area (Å²) in [7, 11) is 1.65. The van der Waals surface area contributed by atoms with Crippen LogP contribution in [0.4, 0.5) is 4.79 Å². The maximum atomic E-state index is 12.1. The number of aliphatic carboxylic acids is 1. The van der Waals surface area contributed by atoms with E-state index in [1.54, 1.807) is 14.0 Å². The predicted octanol–water partition coefficient (Wildman–Crippen LogP) is 2.56. The van der Waals surface area contributed by atoms with Crippen LogP contribution in [0, 0.1) is 17.8 Å². The van der Waals surface area contributed by atoms with Gasteiger partial charge in [0.15, 0.2) is 0 Å². The largest absolute Gasteiger partial charge is 0.481 e. The minimum atomic E-state index is -0.873. The molecule has 0 aliphatic heterocycles. The van der Waals surface area contributed by atoms with Crippen molar-refractivity contribution in [2.45, 2.75) is 52.5 Å². The number of rotatable bonds is 5. The van der Waals surface area contributed by atoms with Gasteiger partial charge in [-0.3, -0.25) is 4.79 Å². The van der Waals surface area contributed by atoms with Crippen molar-refractivity contribution in [3.63, 3.8) is 0 Å². The lowest BCUT2D eigenvalue weighted by atomic mass is 9.79. The van der Waals surface area contributed by atoms with Gasteiger partial charge in [0, 0.05) is 19.6 Å². The van der Waals surface area contributed by atoms with Crippen LogP contribution in [-0.2, 0) is 4.79 Å². The van der Waals surface area contributed by atoms with E-state index in [4.69, 9.17) is 5.11 Å². The molecule has 0 saturated heterocycles. The van der Waals surface area contributed by atoms with E-state index >= 15 is 0 Å². The van der Waals surface area contributed by atoms with Crippen molar-refractivity contribution in [3.05, 3.63) is 0 Å². The Morgan fingerprint density at radius 2 is 1.95 bits per heavy atom. The molecule has 0 aromatic heterocycles. The van der Waals surface area contributed by atoms with Gasteiger partial charge in [-0.05, 0) is 24.7 Å². The van der Waals surface area contributed by atoms with E-state index in [0.29, 0.717) is 11.8 Å². The standard InChI is InChI=1S/C15H28N2O3/c1-10(2)12-6-5-7-13(8-12)16-15(20)17(4)9-11(3)14(18)19/h10-13H,5-9H2,1-4H3,(H,16,20)(H,18,19). The molecule has 1 fully saturated rings. The smallest absolute Gasteiger partial charge is 0.317 e. The monoisotopic (exact) mass is 284 g/mol. The third kappa shape index (κ3) is 5.02. The topological polar surface area (TPSA) is 69.6 Å². The molecule has 0 spiro atoms. The van der Waals surface area contributed by atoms with Crippen LogP contribution in [0.2, 0.25) is 0 Å². The van der Waals surface area contributed by atoms with E-state index in [1.165, 1.54) is 11.3 Å². The summed E-state index contributed by atoms with van der Waals surface area (Å²) in [6.07, 6.45) is 4.46. The van der Waals surface area contributed by atoms with E-state index in [-0.39, 0.29) is 18.6 Å². The number of carbonyl (C=O) groups is 2. The highest BCUT2D eigenvalue weighted by Gasteiger charge is 2.26. The molecule has 0 bridgehead atoms. The summed E-state index contributed by atoms with van der Waals surface area (Å²) in [6, 6.07) is 0.0683. The molecule has 5 nitrogen and oxygen atoms in total. The molecule has 1 saturated carbocycles. The van der Waals surface area contributed by atoms with Gasteiger partial charge in [0.2, 0.25) is 0 Å². The van der Waals surface area contributed by atoms with Crippen molar-refractivity contribution in [2.75, 3.05) is 13.6 Å². The minimum absolute atomic E-state index is 0.160. The first-order valence-electron chi connectivity index (χ1n) is 7.55. The molecular formula is C15H28N2O3. The van der Waals surface area contributed by atoms with E-state index < -0.39 is 11.9 Å². The summed E-state index contributed by atoms with van der Waals surface area (Å²) in [5.74, 6) is -0.0838. The van der Waals surface area contributed by atoms with Gasteiger partial charge >= 0.3 is 12.0 Å². The fourth-order valence-electron chi connectivity index (χ4n) is 2.82. The molecule has 1 rings (SSSR count). The van der Waals surface area contributed by atoms with Gasteiger partial charge < -0.3 is 15.3 Å². The highest BCUT2D eigenvalue weighted by atomic mass is 16.4. The first-order valence-corrected chi connectivity index (χ1v) is 7.55. The van der Waals surface area contributed by atoms with Gasteiger partial charge in [0.25, 0.3) is 0 Å². The second kappa shape index (κ2) is 7.50. The lowest BCUT2D eigenvalue weighted by Gasteiger charge is -2.33. The Balaban J connectivity index is 2.43. The zero-order valence-electron chi connectivity index (χ0n) is 13.1. The third-order valence-corrected chi connectivity index (χ3v) is 4.30. The van der Waals surface area contributed by atoms with Gasteiger partial charge in [-0.2, -0.15) is 0 Å². The fraction of sp³-hybridized carbons (Fsp3) is 0.867. The Morgan fingerprint density at radius 3 is 2.50 bits per heavy atom. The molecule has 2 amide bonds. The van der Waals surface area contributed by atoms with Crippen molar-refractivity contribution in [2.24, 2.45) is 17.8 Å². The van der Waals surface area contributed by atoms with Gasteiger partial charge in [0.05, 0.1) is 5.92 Å². The lowest BCUT2D eigenvalue weighted by Crippen LogP contribution is -2.46. The number of nitrogens with zero attached hydrogens (tertiary/aromatic N) is 1. The van der Waals surface area contributed by atoms with Gasteiger partial charge in [-0.25, -0.2) is 4.79 Å². The summed E-state index contributed by atoms with van der Waals surface area (Å²) in [5, 5.41) is 11.9. The van der Waals surface area contributed by atoms with Crippen LogP contribution in [0.5, 0.6) is 0 Å². The zero-order chi connectivity index (χ0) is 15.3. The summed E-state index contributed by atoms with van der Waals surface area (Å²) >= 11 is 0. The highest BCUT2D eigenvalue weighted by molar-refractivity contribution is 5.76. The summed E-state index contributed by atoms with van der Waals surface area (Å²) < 4.78 is 0. The molecule has 3 atom stereocenters. The van der Waals surface area contributed by atoms with Crippen molar-refractivity contribution < 1.29 is 14.7 Å². The number of amides is 2. The average molecular weight is 284 g/mol. The molecule has 1 aliphatic carbocycles. The van der Waals surface area contributed by atoms with Crippen molar-refractivity contribution in [3.8, 4) is 0 Å². The Kier molecular flexibility index (Phi) is 6.30. The first-order chi connectivity index (χ1) is 9.31. The predicted molar refractivity (Wildman–Crippen MR) is 78.5 cm³/mol. The number of carboxylic acids is 1. The molecule has 0 aromatic carbocycles. The molecule has 1 aliphatic rings. The van der Waals surface area contributed by atoms with Crippen molar-refractivity contribution in [1.82, 2.24) is 10.2 Å². The van der Waals surface area contributed by atoms with Crippen LogP contribution in [-0.4, -0.2) is 41.6 Å². The lowest BCUT2D eigenvalue weighted by molar-refractivity contribution is -0.141. The molecule has 116 valence electrons. The molecule has 0 heterocycles. The number of nitrogens with one attached hydrogen (secondary N) is 1. The number of carbonyl (C=O) groups excluding carboxylic acids is 1. The van der Waals surface area contributed by atoms with Crippen LogP contribution in [0.15, 0.2) is 0 Å². The molecule has 5 heteroatoms. The van der Waals surface area contributed by atoms with Crippen LogP contribution in [0.25, 0.3) is 0 Å². The van der Waals surface area contributed by atoms with Gasteiger partial charge in [-0.1, -0.05) is 33.6 Å². The quantitative estimate of drug-likeness (QED) is 0.815. The minimum Gasteiger partial charge on any atom is -0.481 e. The fourth-order valence-corrected chi connectivity index (χ4v) is 2.82. The van der Waals surface area contributed by atoms with E-state index in [9.17, 15) is 9.59 Å². The Bertz CT molecular complexity index is 344.